The van der Waals surface area contributed by atoms with Crippen molar-refractivity contribution in [1.82, 2.24) is 5.43 Å². The number of rotatable bonds is 11. The van der Waals surface area contributed by atoms with E-state index in [0.29, 0.717) is 33.3 Å². The molecule has 0 saturated carbocycles. The van der Waals surface area contributed by atoms with E-state index in [1.807, 2.05) is 30.3 Å². The molecular weight excluding hydrogens is 636 g/mol. The number of benzene rings is 5. The highest BCUT2D eigenvalue weighted by molar-refractivity contribution is 7.92. The predicted molar refractivity (Wildman–Crippen MR) is 185 cm³/mol. The van der Waals surface area contributed by atoms with Gasteiger partial charge in [-0.2, -0.15) is 5.10 Å². The second-order valence-corrected chi connectivity index (χ2v) is 12.7. The Morgan fingerprint density at radius 2 is 1.47 bits per heavy atom. The molecule has 2 amide bonds. The SMILES string of the molecule is COc1ccc(S(=O)(=O)N(Cc2ccccc2)c2ccccc2C(=O)N/N=C(/C)c2cccc(NC(=O)c3cccc(Cl)c3)c2)cc1. The lowest BCUT2D eigenvalue weighted by atomic mass is 10.1. The molecule has 0 fully saturated rings. The van der Waals surface area contributed by atoms with Crippen molar-refractivity contribution in [3.05, 3.63) is 155 Å². The Morgan fingerprint density at radius 1 is 0.787 bits per heavy atom. The van der Waals surface area contributed by atoms with Crippen molar-refractivity contribution in [2.24, 2.45) is 5.10 Å². The standard InChI is InChI=1S/C36H31ClN4O5S/c1-25(27-12-9-15-30(23-27)38-35(42)28-13-8-14-29(37)22-28)39-40-36(43)33-16-6-7-17-34(33)41(24-26-10-4-3-5-11-26)47(44,45)32-20-18-31(46-2)19-21-32/h3-23H,24H2,1-2H3,(H,38,42)(H,40,43)/b39-25-. The molecule has 11 heteroatoms. The normalized spacial score (nSPS) is 11.4. The Kier molecular flexibility index (Phi) is 10.3. The number of hydrogen-bond donors (Lipinski definition) is 2. The van der Waals surface area contributed by atoms with Crippen molar-refractivity contribution in [2.75, 3.05) is 16.7 Å². The van der Waals surface area contributed by atoms with E-state index >= 15 is 0 Å². The summed E-state index contributed by atoms with van der Waals surface area (Å²) in [5.41, 5.74) is 5.64. The Hall–Kier alpha value is -5.45. The number of carbonyl (C=O) groups is 2. The zero-order valence-electron chi connectivity index (χ0n) is 25.6. The number of nitrogens with zero attached hydrogens (tertiary/aromatic N) is 2. The highest BCUT2D eigenvalue weighted by Gasteiger charge is 2.29. The maximum Gasteiger partial charge on any atom is 0.273 e. The Morgan fingerprint density at radius 3 is 2.19 bits per heavy atom. The first-order valence-electron chi connectivity index (χ1n) is 14.5. The van der Waals surface area contributed by atoms with Crippen molar-refractivity contribution in [3.8, 4) is 5.75 Å². The van der Waals surface area contributed by atoms with Crippen LogP contribution in [0, 0.1) is 0 Å². The number of amides is 2. The molecular formula is C36H31ClN4O5S. The molecule has 5 aromatic carbocycles. The van der Waals surface area contributed by atoms with Gasteiger partial charge in [-0.05, 0) is 84.8 Å². The summed E-state index contributed by atoms with van der Waals surface area (Å²) in [6.07, 6.45) is 0. The fourth-order valence-electron chi connectivity index (χ4n) is 4.72. The number of carbonyl (C=O) groups excluding carboxylic acids is 2. The maximum atomic E-state index is 14.1. The third-order valence-corrected chi connectivity index (χ3v) is 9.19. The average Bonchev–Trinajstić information content (AvgIpc) is 3.10. The van der Waals surface area contributed by atoms with E-state index in [-0.39, 0.29) is 28.6 Å². The molecule has 0 atom stereocenters. The summed E-state index contributed by atoms with van der Waals surface area (Å²) in [7, 11) is -2.62. The highest BCUT2D eigenvalue weighted by Crippen LogP contribution is 2.30. The van der Waals surface area contributed by atoms with Crippen molar-refractivity contribution < 1.29 is 22.7 Å². The first-order chi connectivity index (χ1) is 22.7. The topological polar surface area (TPSA) is 117 Å². The molecule has 47 heavy (non-hydrogen) atoms. The molecule has 0 spiro atoms. The molecule has 0 aromatic heterocycles. The zero-order chi connectivity index (χ0) is 33.4. The summed E-state index contributed by atoms with van der Waals surface area (Å²) in [6, 6.07) is 35.3. The van der Waals surface area contributed by atoms with Gasteiger partial charge in [0.2, 0.25) is 0 Å². The number of nitrogens with one attached hydrogen (secondary N) is 2. The lowest BCUT2D eigenvalue weighted by molar-refractivity contribution is 0.0954. The van der Waals surface area contributed by atoms with Gasteiger partial charge < -0.3 is 10.1 Å². The minimum atomic E-state index is -4.12. The first kappa shape index (κ1) is 32.9. The molecule has 5 rings (SSSR count). The third kappa shape index (κ3) is 8.04. The van der Waals surface area contributed by atoms with E-state index in [1.54, 1.807) is 91.9 Å². The largest absolute Gasteiger partial charge is 0.497 e. The summed E-state index contributed by atoms with van der Waals surface area (Å²) < 4.78 is 34.5. The van der Waals surface area contributed by atoms with E-state index in [0.717, 1.165) is 5.56 Å². The number of sulfonamides is 1. The van der Waals surface area contributed by atoms with Gasteiger partial charge in [-0.25, -0.2) is 13.8 Å². The third-order valence-electron chi connectivity index (χ3n) is 7.18. The second-order valence-electron chi connectivity index (χ2n) is 10.4. The smallest absolute Gasteiger partial charge is 0.273 e. The van der Waals surface area contributed by atoms with Gasteiger partial charge in [-0.15, -0.1) is 0 Å². The van der Waals surface area contributed by atoms with E-state index < -0.39 is 15.9 Å². The number of para-hydroxylation sites is 1. The summed E-state index contributed by atoms with van der Waals surface area (Å²) >= 11 is 6.02. The molecule has 0 aliphatic carbocycles. The van der Waals surface area contributed by atoms with E-state index in [2.05, 4.69) is 15.8 Å². The van der Waals surface area contributed by atoms with Crippen LogP contribution in [0.3, 0.4) is 0 Å². The number of methoxy groups -OCH3 is 1. The van der Waals surface area contributed by atoms with Gasteiger partial charge in [0, 0.05) is 16.3 Å². The molecule has 9 nitrogen and oxygen atoms in total. The molecule has 5 aromatic rings. The molecule has 0 bridgehead atoms. The highest BCUT2D eigenvalue weighted by atomic mass is 35.5. The number of anilines is 2. The lowest BCUT2D eigenvalue weighted by Crippen LogP contribution is -2.33. The van der Waals surface area contributed by atoms with Crippen LogP contribution >= 0.6 is 11.6 Å². The average molecular weight is 667 g/mol. The number of hydrazone groups is 1. The minimum Gasteiger partial charge on any atom is -0.497 e. The van der Waals surface area contributed by atoms with Crippen LogP contribution in [0.15, 0.2) is 137 Å². The van der Waals surface area contributed by atoms with Gasteiger partial charge >= 0.3 is 0 Å². The molecule has 0 heterocycles. The Balaban J connectivity index is 1.41. The van der Waals surface area contributed by atoms with Gasteiger partial charge in [0.1, 0.15) is 5.75 Å². The summed E-state index contributed by atoms with van der Waals surface area (Å²) in [5, 5.41) is 7.58. The number of halogens is 1. The van der Waals surface area contributed by atoms with E-state index in [1.165, 1.54) is 23.5 Å². The number of hydrogen-bond acceptors (Lipinski definition) is 6. The first-order valence-corrected chi connectivity index (χ1v) is 16.3. The Bertz CT molecular complexity index is 2030. The van der Waals surface area contributed by atoms with Crippen LogP contribution in [-0.2, 0) is 16.6 Å². The van der Waals surface area contributed by atoms with Crippen LogP contribution < -0.4 is 19.8 Å². The maximum absolute atomic E-state index is 14.1. The predicted octanol–water partition coefficient (Wildman–Crippen LogP) is 7.15. The second kappa shape index (κ2) is 14.8. The molecule has 2 N–H and O–H groups in total. The number of ether oxygens (including phenoxy) is 1. The Labute approximate surface area is 278 Å². The molecule has 0 aliphatic heterocycles. The fourth-order valence-corrected chi connectivity index (χ4v) is 6.38. The van der Waals surface area contributed by atoms with Crippen molar-refractivity contribution in [2.45, 2.75) is 18.4 Å². The molecule has 0 radical (unpaired) electrons. The van der Waals surface area contributed by atoms with Crippen LogP contribution in [0.4, 0.5) is 11.4 Å². The van der Waals surface area contributed by atoms with Crippen LogP contribution in [0.25, 0.3) is 0 Å². The van der Waals surface area contributed by atoms with Gasteiger partial charge in [0.05, 0.1) is 35.5 Å². The van der Waals surface area contributed by atoms with E-state index in [9.17, 15) is 18.0 Å². The van der Waals surface area contributed by atoms with Crippen LogP contribution in [-0.4, -0.2) is 33.1 Å². The van der Waals surface area contributed by atoms with Gasteiger partial charge in [-0.3, -0.25) is 13.9 Å². The van der Waals surface area contributed by atoms with Crippen LogP contribution in [0.1, 0.15) is 38.8 Å². The molecule has 0 aliphatic rings. The molecule has 0 saturated heterocycles. The van der Waals surface area contributed by atoms with Crippen molar-refractivity contribution >= 4 is 50.5 Å². The van der Waals surface area contributed by atoms with E-state index in [4.69, 9.17) is 16.3 Å². The van der Waals surface area contributed by atoms with Crippen LogP contribution in [0.2, 0.25) is 5.02 Å². The summed E-state index contributed by atoms with van der Waals surface area (Å²) in [5.74, 6) is -0.414. The van der Waals surface area contributed by atoms with Gasteiger partial charge in [0.15, 0.2) is 0 Å². The summed E-state index contributed by atoms with van der Waals surface area (Å²) in [4.78, 5) is 26.3. The fraction of sp³-hybridized carbons (Fsp3) is 0.0833. The van der Waals surface area contributed by atoms with Crippen molar-refractivity contribution in [3.63, 3.8) is 0 Å². The van der Waals surface area contributed by atoms with Gasteiger partial charge in [0.25, 0.3) is 21.8 Å². The molecule has 238 valence electrons. The van der Waals surface area contributed by atoms with Crippen LogP contribution in [0.5, 0.6) is 5.75 Å². The molecule has 0 unspecified atom stereocenters. The lowest BCUT2D eigenvalue weighted by Gasteiger charge is -2.26. The monoisotopic (exact) mass is 666 g/mol. The minimum absolute atomic E-state index is 0.0184. The summed E-state index contributed by atoms with van der Waals surface area (Å²) in [6.45, 7) is 1.69. The van der Waals surface area contributed by atoms with Crippen molar-refractivity contribution in [1.29, 1.82) is 0 Å². The quantitative estimate of drug-likeness (QED) is 0.115. The zero-order valence-corrected chi connectivity index (χ0v) is 27.1. The van der Waals surface area contributed by atoms with Gasteiger partial charge in [-0.1, -0.05) is 72.3 Å².